The van der Waals surface area contributed by atoms with Crippen molar-refractivity contribution >= 4 is 29.4 Å². The van der Waals surface area contributed by atoms with Crippen LogP contribution in [0.15, 0.2) is 60.0 Å². The van der Waals surface area contributed by atoms with Gasteiger partial charge in [-0.3, -0.25) is 0 Å². The van der Waals surface area contributed by atoms with Gasteiger partial charge in [-0.2, -0.15) is 23.5 Å². The van der Waals surface area contributed by atoms with Gasteiger partial charge in [-0.15, -0.1) is 0 Å². The number of thioether (sulfide) groups is 2. The summed E-state index contributed by atoms with van der Waals surface area (Å²) in [5.74, 6) is 3.37. The number of hydrogen-bond acceptors (Lipinski definition) is 8. The third-order valence-corrected chi connectivity index (χ3v) is 12.0. The highest BCUT2D eigenvalue weighted by Gasteiger charge is 2.28. The molecule has 5 rings (SSSR count). The summed E-state index contributed by atoms with van der Waals surface area (Å²) in [7, 11) is 0. The first kappa shape index (κ1) is 34.4. The molecule has 6 nitrogen and oxygen atoms in total. The molecule has 0 bridgehead atoms. The SMILES string of the molecule is CC(C)(C)c1cc(CS[C@H]2CCCCCCC2SCc2cc(C(C)(C)C)cc(-c3ncccn3)c2O)c(O)c(C2=NC=CCN2)c1. The predicted octanol–water partition coefficient (Wildman–Crippen LogP) is 9.27. The Kier molecular flexibility index (Phi) is 11.1. The second-order valence-corrected chi connectivity index (χ2v) is 17.0. The minimum Gasteiger partial charge on any atom is -0.507 e. The maximum atomic E-state index is 11.5. The number of aromatic hydroxyl groups is 2. The number of aliphatic imine (C=N–C) groups is 1. The van der Waals surface area contributed by atoms with Gasteiger partial charge in [0.25, 0.3) is 0 Å². The van der Waals surface area contributed by atoms with E-state index in [0.29, 0.717) is 34.2 Å². The van der Waals surface area contributed by atoms with E-state index in [1.165, 1.54) is 36.8 Å². The Bertz CT molecular complexity index is 1560. The molecule has 0 spiro atoms. The lowest BCUT2D eigenvalue weighted by atomic mass is 9.84. The molecule has 3 aromatic rings. The molecule has 2 aliphatic rings. The van der Waals surface area contributed by atoms with Gasteiger partial charge in [0.15, 0.2) is 5.82 Å². The van der Waals surface area contributed by atoms with Gasteiger partial charge in [0.2, 0.25) is 0 Å². The minimum absolute atomic E-state index is 0.0568. The van der Waals surface area contributed by atoms with Crippen molar-refractivity contribution in [2.45, 2.75) is 113 Å². The van der Waals surface area contributed by atoms with Crippen LogP contribution in [0.25, 0.3) is 11.4 Å². The van der Waals surface area contributed by atoms with E-state index in [4.69, 9.17) is 0 Å². The summed E-state index contributed by atoms with van der Waals surface area (Å²) in [6.45, 7) is 14.0. The third kappa shape index (κ3) is 8.48. The van der Waals surface area contributed by atoms with Crippen molar-refractivity contribution in [3.05, 3.63) is 82.8 Å². The number of amidine groups is 1. The van der Waals surface area contributed by atoms with E-state index in [-0.39, 0.29) is 16.6 Å². The van der Waals surface area contributed by atoms with Crippen LogP contribution in [-0.4, -0.2) is 43.1 Å². The summed E-state index contributed by atoms with van der Waals surface area (Å²) in [5, 5.41) is 27.2. The molecular weight excluding hydrogens is 609 g/mol. The van der Waals surface area contributed by atoms with E-state index in [1.807, 2.05) is 41.9 Å². The molecule has 46 heavy (non-hydrogen) atoms. The van der Waals surface area contributed by atoms with E-state index in [1.54, 1.807) is 18.5 Å². The molecule has 0 amide bonds. The predicted molar refractivity (Wildman–Crippen MR) is 196 cm³/mol. The first-order valence-corrected chi connectivity index (χ1v) is 18.7. The zero-order chi connectivity index (χ0) is 32.9. The number of nitrogens with zero attached hydrogens (tertiary/aromatic N) is 3. The number of aromatic nitrogens is 2. The molecule has 1 aromatic heterocycles. The molecule has 0 radical (unpaired) electrons. The highest BCUT2D eigenvalue weighted by Crippen LogP contribution is 2.43. The lowest BCUT2D eigenvalue weighted by Crippen LogP contribution is -2.27. The molecule has 2 heterocycles. The number of hydrogen-bond donors (Lipinski definition) is 3. The molecule has 2 atom stereocenters. The zero-order valence-electron chi connectivity index (χ0n) is 28.3. The minimum atomic E-state index is -0.0767. The van der Waals surface area contributed by atoms with Crippen molar-refractivity contribution in [1.29, 1.82) is 0 Å². The topological polar surface area (TPSA) is 90.6 Å². The monoisotopic (exact) mass is 658 g/mol. The second-order valence-electron chi connectivity index (χ2n) is 14.6. The Balaban J connectivity index is 1.40. The van der Waals surface area contributed by atoms with Crippen LogP contribution in [0, 0.1) is 0 Å². The molecule has 246 valence electrons. The van der Waals surface area contributed by atoms with Gasteiger partial charge < -0.3 is 15.5 Å². The fourth-order valence-corrected chi connectivity index (χ4v) is 9.07. The van der Waals surface area contributed by atoms with Crippen molar-refractivity contribution in [1.82, 2.24) is 15.3 Å². The second kappa shape index (κ2) is 14.8. The van der Waals surface area contributed by atoms with E-state index in [0.717, 1.165) is 46.9 Å². The molecule has 8 heteroatoms. The van der Waals surface area contributed by atoms with Crippen LogP contribution in [0.2, 0.25) is 0 Å². The summed E-state index contributed by atoms with van der Waals surface area (Å²) >= 11 is 3.95. The van der Waals surface area contributed by atoms with Crippen molar-refractivity contribution in [2.24, 2.45) is 4.99 Å². The quantitative estimate of drug-likeness (QED) is 0.222. The van der Waals surface area contributed by atoms with Gasteiger partial charge in [0, 0.05) is 58.3 Å². The lowest BCUT2D eigenvalue weighted by Gasteiger charge is -2.30. The molecular formula is C38H50N4O2S2. The van der Waals surface area contributed by atoms with Gasteiger partial charge in [0.05, 0.1) is 11.1 Å². The van der Waals surface area contributed by atoms with Gasteiger partial charge in [0.1, 0.15) is 17.3 Å². The van der Waals surface area contributed by atoms with E-state index in [2.05, 4.69) is 80.0 Å². The fraction of sp³-hybridized carbons (Fsp3) is 0.500. The largest absolute Gasteiger partial charge is 0.507 e. The number of phenols is 2. The van der Waals surface area contributed by atoms with Gasteiger partial charge in [-0.05, 0) is 59.1 Å². The highest BCUT2D eigenvalue weighted by molar-refractivity contribution is 8.03. The lowest BCUT2D eigenvalue weighted by molar-refractivity contribution is 0.467. The Hall–Kier alpha value is -2.97. The fourth-order valence-electron chi connectivity index (χ4n) is 6.00. The summed E-state index contributed by atoms with van der Waals surface area (Å²) in [6, 6.07) is 10.3. The molecule has 1 fully saturated rings. The Morgan fingerprint density at radius 1 is 0.739 bits per heavy atom. The molecule has 1 unspecified atom stereocenters. The summed E-state index contributed by atoms with van der Waals surface area (Å²) < 4.78 is 0. The molecule has 1 aliphatic carbocycles. The zero-order valence-corrected chi connectivity index (χ0v) is 29.9. The highest BCUT2D eigenvalue weighted by atomic mass is 32.2. The maximum Gasteiger partial charge on any atom is 0.162 e. The van der Waals surface area contributed by atoms with Crippen molar-refractivity contribution in [3.8, 4) is 22.9 Å². The van der Waals surface area contributed by atoms with Crippen molar-refractivity contribution < 1.29 is 10.2 Å². The molecule has 1 aliphatic heterocycles. The van der Waals surface area contributed by atoms with Crippen LogP contribution >= 0.6 is 23.5 Å². The average Bonchev–Trinajstić information content (AvgIpc) is 3.01. The Morgan fingerprint density at radius 3 is 1.76 bits per heavy atom. The third-order valence-electron chi connectivity index (χ3n) is 8.92. The van der Waals surface area contributed by atoms with Crippen LogP contribution in [0.3, 0.4) is 0 Å². The van der Waals surface area contributed by atoms with Gasteiger partial charge in [-0.25, -0.2) is 15.0 Å². The average molecular weight is 659 g/mol. The standard InChI is InChI=1S/C38H50N4O2S2/c1-37(2,3)27-19-25(33(43)29(21-27)35-39-15-11-16-40-35)23-45-31-13-9-7-8-10-14-32(31)46-24-26-20-28(38(4,5)6)22-30(34(26)44)36-41-17-12-18-42-36/h11-12,15-17,19-22,31-32,43-44H,7-10,13-14,18,23-24H2,1-6H3,(H,41,42)/t31?,32-/m0/s1. The Morgan fingerprint density at radius 2 is 1.26 bits per heavy atom. The van der Waals surface area contributed by atoms with Gasteiger partial charge >= 0.3 is 0 Å². The van der Waals surface area contributed by atoms with Crippen LogP contribution in [0.5, 0.6) is 11.5 Å². The van der Waals surface area contributed by atoms with Crippen LogP contribution in [-0.2, 0) is 22.3 Å². The van der Waals surface area contributed by atoms with Gasteiger partial charge in [-0.1, -0.05) is 79.4 Å². The molecule has 0 saturated heterocycles. The Labute approximate surface area is 284 Å². The normalized spacial score (nSPS) is 19.2. The van der Waals surface area contributed by atoms with Crippen LogP contribution < -0.4 is 5.32 Å². The maximum absolute atomic E-state index is 11.5. The van der Waals surface area contributed by atoms with E-state index >= 15 is 0 Å². The summed E-state index contributed by atoms with van der Waals surface area (Å²) in [6.07, 6.45) is 14.6. The molecule has 3 N–H and O–H groups in total. The summed E-state index contributed by atoms with van der Waals surface area (Å²) in [5.41, 5.74) is 5.63. The number of benzene rings is 2. The van der Waals surface area contributed by atoms with E-state index < -0.39 is 0 Å². The summed E-state index contributed by atoms with van der Waals surface area (Å²) in [4.78, 5) is 13.5. The number of rotatable bonds is 8. The van der Waals surface area contributed by atoms with E-state index in [9.17, 15) is 10.2 Å². The van der Waals surface area contributed by atoms with Crippen molar-refractivity contribution in [2.75, 3.05) is 6.54 Å². The van der Waals surface area contributed by atoms with Crippen LogP contribution in [0.1, 0.15) is 108 Å². The number of phenolic OH excluding ortho intramolecular Hbond substituents is 2. The van der Waals surface area contributed by atoms with Crippen molar-refractivity contribution in [3.63, 3.8) is 0 Å². The first-order chi connectivity index (χ1) is 21.9. The smallest absolute Gasteiger partial charge is 0.162 e. The first-order valence-electron chi connectivity index (χ1n) is 16.6. The number of nitrogens with one attached hydrogen (secondary N) is 1. The molecule has 2 aromatic carbocycles. The molecule has 1 saturated carbocycles. The van der Waals surface area contributed by atoms with Crippen LogP contribution in [0.4, 0.5) is 0 Å².